The van der Waals surface area contributed by atoms with Crippen molar-refractivity contribution in [3.05, 3.63) is 35.9 Å². The fourth-order valence-corrected chi connectivity index (χ4v) is 3.02. The molecular weight excluding hydrogens is 214 g/mol. The van der Waals surface area contributed by atoms with Crippen molar-refractivity contribution >= 4 is 5.97 Å². The highest BCUT2D eigenvalue weighted by atomic mass is 16.4. The smallest absolute Gasteiger partial charge is 0.311 e. The number of hydrogen-bond donors (Lipinski definition) is 1. The minimum Gasteiger partial charge on any atom is -0.481 e. The van der Waals surface area contributed by atoms with Crippen molar-refractivity contribution in [1.29, 1.82) is 0 Å². The van der Waals surface area contributed by atoms with Crippen LogP contribution in [0.3, 0.4) is 0 Å². The molecule has 17 heavy (non-hydrogen) atoms. The second-order valence-electron chi connectivity index (χ2n) is 5.33. The summed E-state index contributed by atoms with van der Waals surface area (Å²) < 4.78 is 0. The van der Waals surface area contributed by atoms with E-state index in [-0.39, 0.29) is 5.41 Å². The largest absolute Gasteiger partial charge is 0.481 e. The first-order chi connectivity index (χ1) is 8.21. The van der Waals surface area contributed by atoms with Gasteiger partial charge in [0.25, 0.3) is 0 Å². The van der Waals surface area contributed by atoms with Crippen LogP contribution in [0.5, 0.6) is 0 Å². The minimum absolute atomic E-state index is 0.378. The number of piperidine rings is 1. The van der Waals surface area contributed by atoms with Crippen molar-refractivity contribution < 1.29 is 9.90 Å². The highest BCUT2D eigenvalue weighted by molar-refractivity contribution is 5.79. The molecule has 1 saturated heterocycles. The average molecular weight is 231 g/mol. The lowest BCUT2D eigenvalue weighted by Crippen LogP contribution is -2.30. The van der Waals surface area contributed by atoms with Crippen LogP contribution in [0, 0.1) is 11.3 Å². The monoisotopic (exact) mass is 231 g/mol. The molecule has 0 radical (unpaired) electrons. The normalized spacial score (nSPS) is 31.2. The molecule has 2 atom stereocenters. The molecule has 3 rings (SSSR count). The van der Waals surface area contributed by atoms with Crippen molar-refractivity contribution in [1.82, 2.24) is 4.90 Å². The zero-order valence-electron chi connectivity index (χ0n) is 9.80. The van der Waals surface area contributed by atoms with Crippen LogP contribution in [0.15, 0.2) is 30.3 Å². The number of aliphatic carboxylic acids is 1. The van der Waals surface area contributed by atoms with E-state index in [9.17, 15) is 9.90 Å². The zero-order chi connectivity index (χ0) is 11.9. The lowest BCUT2D eigenvalue weighted by molar-refractivity contribution is -0.143. The third kappa shape index (κ3) is 1.84. The Labute approximate surface area is 101 Å². The molecule has 1 saturated carbocycles. The van der Waals surface area contributed by atoms with Crippen molar-refractivity contribution in [2.24, 2.45) is 11.3 Å². The quantitative estimate of drug-likeness (QED) is 0.856. The molecule has 90 valence electrons. The second kappa shape index (κ2) is 3.84. The molecule has 1 heterocycles. The van der Waals surface area contributed by atoms with E-state index >= 15 is 0 Å². The van der Waals surface area contributed by atoms with Gasteiger partial charge in [0.15, 0.2) is 0 Å². The topological polar surface area (TPSA) is 40.5 Å². The van der Waals surface area contributed by atoms with Crippen LogP contribution < -0.4 is 0 Å². The van der Waals surface area contributed by atoms with E-state index in [1.54, 1.807) is 0 Å². The van der Waals surface area contributed by atoms with E-state index in [2.05, 4.69) is 29.2 Å². The number of carboxylic acid groups (broad SMARTS) is 1. The molecule has 0 aromatic heterocycles. The summed E-state index contributed by atoms with van der Waals surface area (Å²) in [5.74, 6) is -0.180. The Morgan fingerprint density at radius 1 is 1.41 bits per heavy atom. The highest BCUT2D eigenvalue weighted by Crippen LogP contribution is 2.57. The fourth-order valence-electron chi connectivity index (χ4n) is 3.02. The summed E-state index contributed by atoms with van der Waals surface area (Å²) in [5.41, 5.74) is 0.953. The number of benzene rings is 1. The van der Waals surface area contributed by atoms with Gasteiger partial charge in [0.05, 0.1) is 5.41 Å². The van der Waals surface area contributed by atoms with Gasteiger partial charge >= 0.3 is 5.97 Å². The predicted octanol–water partition coefficient (Wildman–Crippen LogP) is 1.64. The molecule has 3 nitrogen and oxygen atoms in total. The van der Waals surface area contributed by atoms with Crippen LogP contribution in [0.2, 0.25) is 0 Å². The Hall–Kier alpha value is -1.35. The Morgan fingerprint density at radius 2 is 2.18 bits per heavy atom. The van der Waals surface area contributed by atoms with Gasteiger partial charge in [-0.05, 0) is 24.3 Å². The Balaban J connectivity index is 1.54. The van der Waals surface area contributed by atoms with E-state index in [1.165, 1.54) is 5.56 Å². The van der Waals surface area contributed by atoms with Gasteiger partial charge in [-0.15, -0.1) is 0 Å². The first-order valence-corrected chi connectivity index (χ1v) is 6.20. The minimum atomic E-state index is -0.593. The molecule has 0 unspecified atom stereocenters. The SMILES string of the molecule is O=C(O)[C@@]12C[C@@H]1CN(CCc1ccccc1)C2. The highest BCUT2D eigenvalue weighted by Gasteiger charge is 2.65. The van der Waals surface area contributed by atoms with Gasteiger partial charge < -0.3 is 10.0 Å². The molecule has 2 fully saturated rings. The van der Waals surface area contributed by atoms with Crippen molar-refractivity contribution in [2.75, 3.05) is 19.6 Å². The Morgan fingerprint density at radius 3 is 2.82 bits per heavy atom. The van der Waals surface area contributed by atoms with Crippen LogP contribution in [0.4, 0.5) is 0 Å². The van der Waals surface area contributed by atoms with Crippen molar-refractivity contribution in [2.45, 2.75) is 12.8 Å². The molecule has 1 N–H and O–H groups in total. The first kappa shape index (κ1) is 10.8. The summed E-state index contributed by atoms with van der Waals surface area (Å²) in [6, 6.07) is 10.4. The van der Waals surface area contributed by atoms with Crippen LogP contribution in [0.1, 0.15) is 12.0 Å². The van der Waals surface area contributed by atoms with Gasteiger partial charge in [0, 0.05) is 19.6 Å². The standard InChI is InChI=1S/C14H17NO2/c16-13(17)14-8-12(14)9-15(10-14)7-6-11-4-2-1-3-5-11/h1-5,12H,6-10H2,(H,16,17)/t12-,14-/m1/s1. The number of carboxylic acids is 1. The lowest BCUT2D eigenvalue weighted by atomic mass is 10.1. The molecule has 3 heteroatoms. The van der Waals surface area contributed by atoms with E-state index in [1.807, 2.05) is 6.07 Å². The summed E-state index contributed by atoms with van der Waals surface area (Å²) in [5, 5.41) is 9.19. The molecule has 0 amide bonds. The summed E-state index contributed by atoms with van der Waals surface area (Å²) >= 11 is 0. The molecular formula is C14H17NO2. The van der Waals surface area contributed by atoms with Crippen LogP contribution in [0.25, 0.3) is 0 Å². The zero-order valence-corrected chi connectivity index (χ0v) is 9.80. The summed E-state index contributed by atoms with van der Waals surface area (Å²) in [6.45, 7) is 2.70. The summed E-state index contributed by atoms with van der Waals surface area (Å²) in [7, 11) is 0. The molecule has 1 aromatic carbocycles. The van der Waals surface area contributed by atoms with E-state index in [4.69, 9.17) is 0 Å². The number of nitrogens with zero attached hydrogens (tertiary/aromatic N) is 1. The Bertz CT molecular complexity index is 431. The molecule has 1 aromatic rings. The van der Waals surface area contributed by atoms with Crippen LogP contribution >= 0.6 is 0 Å². The van der Waals surface area contributed by atoms with Crippen molar-refractivity contribution in [3.63, 3.8) is 0 Å². The second-order valence-corrected chi connectivity index (χ2v) is 5.33. The molecule has 0 bridgehead atoms. The summed E-state index contributed by atoms with van der Waals surface area (Å²) in [4.78, 5) is 13.5. The van der Waals surface area contributed by atoms with E-state index in [0.29, 0.717) is 5.92 Å². The third-order valence-corrected chi connectivity index (χ3v) is 4.20. The third-order valence-electron chi connectivity index (χ3n) is 4.20. The van der Waals surface area contributed by atoms with Gasteiger partial charge in [-0.2, -0.15) is 0 Å². The average Bonchev–Trinajstić information content (AvgIpc) is 2.92. The van der Waals surface area contributed by atoms with E-state index < -0.39 is 5.97 Å². The molecule has 1 aliphatic heterocycles. The number of likely N-dealkylation sites (tertiary alicyclic amines) is 1. The van der Waals surface area contributed by atoms with Crippen LogP contribution in [-0.4, -0.2) is 35.6 Å². The number of fused-ring (bicyclic) bond motifs is 1. The van der Waals surface area contributed by atoms with Gasteiger partial charge in [-0.3, -0.25) is 4.79 Å². The van der Waals surface area contributed by atoms with Gasteiger partial charge in [0.2, 0.25) is 0 Å². The number of hydrogen-bond acceptors (Lipinski definition) is 2. The van der Waals surface area contributed by atoms with Crippen molar-refractivity contribution in [3.8, 4) is 0 Å². The lowest BCUT2D eigenvalue weighted by Gasteiger charge is -2.18. The fraction of sp³-hybridized carbons (Fsp3) is 0.500. The summed E-state index contributed by atoms with van der Waals surface area (Å²) in [6.07, 6.45) is 1.91. The Kier molecular flexibility index (Phi) is 2.44. The van der Waals surface area contributed by atoms with Gasteiger partial charge in [-0.25, -0.2) is 0 Å². The molecule has 0 spiro atoms. The first-order valence-electron chi connectivity index (χ1n) is 6.20. The maximum Gasteiger partial charge on any atom is 0.311 e. The molecule has 2 aliphatic rings. The number of rotatable bonds is 4. The van der Waals surface area contributed by atoms with Gasteiger partial charge in [0.1, 0.15) is 0 Å². The van der Waals surface area contributed by atoms with Gasteiger partial charge in [-0.1, -0.05) is 30.3 Å². The maximum atomic E-state index is 11.2. The maximum absolute atomic E-state index is 11.2. The molecule has 1 aliphatic carbocycles. The number of carbonyl (C=O) groups is 1. The predicted molar refractivity (Wildman–Crippen MR) is 64.8 cm³/mol. The van der Waals surface area contributed by atoms with E-state index in [0.717, 1.165) is 32.5 Å². The van der Waals surface area contributed by atoms with Crippen LogP contribution in [-0.2, 0) is 11.2 Å².